The predicted octanol–water partition coefficient (Wildman–Crippen LogP) is 0.816. The Labute approximate surface area is 110 Å². The SMILES string of the molecule is CC(C)C(C#N)NS(=O)(=O)c1ccc([N+](=O)[O-])nc1. The van der Waals surface area contributed by atoms with Crippen molar-refractivity contribution in [2.45, 2.75) is 24.8 Å². The van der Waals surface area contributed by atoms with Gasteiger partial charge in [-0.05, 0) is 21.9 Å². The van der Waals surface area contributed by atoms with Crippen molar-refractivity contribution in [1.82, 2.24) is 9.71 Å². The molecule has 0 aromatic carbocycles. The van der Waals surface area contributed by atoms with E-state index in [-0.39, 0.29) is 10.8 Å². The monoisotopic (exact) mass is 284 g/mol. The summed E-state index contributed by atoms with van der Waals surface area (Å²) in [4.78, 5) is 12.9. The Hall–Kier alpha value is -2.05. The van der Waals surface area contributed by atoms with Crippen LogP contribution in [0.3, 0.4) is 0 Å². The zero-order valence-corrected chi connectivity index (χ0v) is 11.1. The molecule has 0 aliphatic carbocycles. The van der Waals surface area contributed by atoms with Gasteiger partial charge in [0.05, 0.1) is 6.07 Å². The van der Waals surface area contributed by atoms with Crippen molar-refractivity contribution in [3.05, 3.63) is 28.4 Å². The Kier molecular flexibility index (Phi) is 4.52. The summed E-state index contributed by atoms with van der Waals surface area (Å²) in [6.45, 7) is 3.40. The first-order chi connectivity index (χ1) is 8.77. The van der Waals surface area contributed by atoms with Crippen molar-refractivity contribution in [2.75, 3.05) is 0 Å². The van der Waals surface area contributed by atoms with Crippen LogP contribution >= 0.6 is 0 Å². The summed E-state index contributed by atoms with van der Waals surface area (Å²) in [6, 6.07) is 3.03. The van der Waals surface area contributed by atoms with Crippen molar-refractivity contribution in [1.29, 1.82) is 5.26 Å². The average Bonchev–Trinajstić information content (AvgIpc) is 2.35. The molecule has 1 aromatic heterocycles. The molecule has 9 heteroatoms. The van der Waals surface area contributed by atoms with Gasteiger partial charge < -0.3 is 10.1 Å². The molecule has 102 valence electrons. The second-order valence-corrected chi connectivity index (χ2v) is 5.80. The van der Waals surface area contributed by atoms with E-state index in [0.717, 1.165) is 18.3 Å². The molecule has 0 saturated carbocycles. The number of hydrogen-bond donors (Lipinski definition) is 1. The second kappa shape index (κ2) is 5.73. The lowest BCUT2D eigenvalue weighted by molar-refractivity contribution is -0.389. The summed E-state index contributed by atoms with van der Waals surface area (Å²) in [5.41, 5.74) is 0. The molecule has 0 fully saturated rings. The quantitative estimate of drug-likeness (QED) is 0.630. The number of pyridine rings is 1. The maximum Gasteiger partial charge on any atom is 0.363 e. The average molecular weight is 284 g/mol. The van der Waals surface area contributed by atoms with Gasteiger partial charge in [-0.15, -0.1) is 0 Å². The van der Waals surface area contributed by atoms with Crippen LogP contribution in [0.2, 0.25) is 0 Å². The minimum atomic E-state index is -3.92. The standard InChI is InChI=1S/C10H12N4O4S/c1-7(2)9(5-11)13-19(17,18)8-3-4-10(12-6-8)14(15)16/h3-4,6-7,9,13H,1-2H3. The van der Waals surface area contributed by atoms with E-state index in [1.54, 1.807) is 13.8 Å². The van der Waals surface area contributed by atoms with E-state index in [4.69, 9.17) is 5.26 Å². The van der Waals surface area contributed by atoms with Crippen molar-refractivity contribution in [3.63, 3.8) is 0 Å². The lowest BCUT2D eigenvalue weighted by Gasteiger charge is -2.14. The number of rotatable bonds is 5. The maximum absolute atomic E-state index is 11.9. The van der Waals surface area contributed by atoms with Crippen molar-refractivity contribution in [2.24, 2.45) is 5.92 Å². The van der Waals surface area contributed by atoms with E-state index in [1.807, 2.05) is 6.07 Å². The third-order valence-electron chi connectivity index (χ3n) is 2.31. The van der Waals surface area contributed by atoms with Crippen LogP contribution in [0.4, 0.5) is 5.82 Å². The van der Waals surface area contributed by atoms with Crippen LogP contribution in [0.1, 0.15) is 13.8 Å². The van der Waals surface area contributed by atoms with Crippen LogP contribution in [0.15, 0.2) is 23.2 Å². The summed E-state index contributed by atoms with van der Waals surface area (Å²) < 4.78 is 26.0. The number of nitrogens with zero attached hydrogens (tertiary/aromatic N) is 3. The lowest BCUT2D eigenvalue weighted by atomic mass is 10.1. The first-order valence-corrected chi connectivity index (χ1v) is 6.78. The van der Waals surface area contributed by atoms with Gasteiger partial charge in [-0.2, -0.15) is 9.98 Å². The lowest BCUT2D eigenvalue weighted by Crippen LogP contribution is -2.37. The number of nitro groups is 1. The van der Waals surface area contributed by atoms with E-state index < -0.39 is 26.8 Å². The molecule has 8 nitrogen and oxygen atoms in total. The van der Waals surface area contributed by atoms with Crippen LogP contribution in [-0.4, -0.2) is 24.4 Å². The fourth-order valence-corrected chi connectivity index (χ4v) is 2.42. The maximum atomic E-state index is 11.9. The van der Waals surface area contributed by atoms with Crippen LogP contribution in [0, 0.1) is 27.4 Å². The molecule has 0 aliphatic rings. The first-order valence-electron chi connectivity index (χ1n) is 5.30. The number of sulfonamides is 1. The zero-order chi connectivity index (χ0) is 14.6. The molecule has 1 aromatic rings. The molecule has 1 N–H and O–H groups in total. The minimum Gasteiger partial charge on any atom is -0.358 e. The molecule has 0 spiro atoms. The Morgan fingerprint density at radius 1 is 1.47 bits per heavy atom. The number of aromatic nitrogens is 1. The summed E-state index contributed by atoms with van der Waals surface area (Å²) >= 11 is 0. The molecule has 1 unspecified atom stereocenters. The first kappa shape index (κ1) is 15.0. The van der Waals surface area contributed by atoms with Gasteiger partial charge in [-0.25, -0.2) is 8.42 Å². The molecule has 1 rings (SSSR count). The zero-order valence-electron chi connectivity index (χ0n) is 10.3. The summed E-state index contributed by atoms with van der Waals surface area (Å²) in [7, 11) is -3.92. The fraction of sp³-hybridized carbons (Fsp3) is 0.400. The highest BCUT2D eigenvalue weighted by Gasteiger charge is 2.24. The summed E-state index contributed by atoms with van der Waals surface area (Å²) in [6.07, 6.45) is 0.884. The Morgan fingerprint density at radius 2 is 2.11 bits per heavy atom. The topological polar surface area (TPSA) is 126 Å². The van der Waals surface area contributed by atoms with Crippen LogP contribution in [0.25, 0.3) is 0 Å². The van der Waals surface area contributed by atoms with Gasteiger partial charge in [0.15, 0.2) is 6.20 Å². The van der Waals surface area contributed by atoms with Gasteiger partial charge in [0.2, 0.25) is 10.0 Å². The molecule has 1 heterocycles. The van der Waals surface area contributed by atoms with E-state index in [2.05, 4.69) is 9.71 Å². The van der Waals surface area contributed by atoms with Crippen LogP contribution in [0.5, 0.6) is 0 Å². The predicted molar refractivity (Wildman–Crippen MR) is 65.5 cm³/mol. The summed E-state index contributed by atoms with van der Waals surface area (Å²) in [5.74, 6) is -0.648. The van der Waals surface area contributed by atoms with Crippen molar-refractivity contribution < 1.29 is 13.3 Å². The van der Waals surface area contributed by atoms with Crippen LogP contribution in [-0.2, 0) is 10.0 Å². The number of nitrogens with one attached hydrogen (secondary N) is 1. The fourth-order valence-electron chi connectivity index (χ4n) is 1.19. The molecule has 0 bridgehead atoms. The summed E-state index contributed by atoms with van der Waals surface area (Å²) in [5, 5.41) is 19.3. The second-order valence-electron chi connectivity index (χ2n) is 4.08. The van der Waals surface area contributed by atoms with Gasteiger partial charge >= 0.3 is 5.82 Å². The third-order valence-corrected chi connectivity index (χ3v) is 3.73. The third kappa shape index (κ3) is 3.70. The van der Waals surface area contributed by atoms with Gasteiger partial charge in [0, 0.05) is 6.07 Å². The van der Waals surface area contributed by atoms with Crippen LogP contribution < -0.4 is 4.72 Å². The normalized spacial score (nSPS) is 12.9. The molecule has 0 radical (unpaired) electrons. The smallest absolute Gasteiger partial charge is 0.358 e. The highest BCUT2D eigenvalue weighted by atomic mass is 32.2. The largest absolute Gasteiger partial charge is 0.363 e. The van der Waals surface area contributed by atoms with Crippen molar-refractivity contribution in [3.8, 4) is 6.07 Å². The molecular weight excluding hydrogens is 272 g/mol. The highest BCUT2D eigenvalue weighted by molar-refractivity contribution is 7.89. The Morgan fingerprint density at radius 3 is 2.47 bits per heavy atom. The Balaban J connectivity index is 3.01. The van der Waals surface area contributed by atoms with Gasteiger partial charge in [-0.3, -0.25) is 0 Å². The minimum absolute atomic E-state index is 0.203. The van der Waals surface area contributed by atoms with Gasteiger partial charge in [0.1, 0.15) is 10.9 Å². The number of nitriles is 1. The van der Waals surface area contributed by atoms with E-state index in [1.165, 1.54) is 0 Å². The van der Waals surface area contributed by atoms with Gasteiger partial charge in [0.25, 0.3) is 0 Å². The molecule has 0 saturated heterocycles. The number of hydrogen-bond acceptors (Lipinski definition) is 6. The highest BCUT2D eigenvalue weighted by Crippen LogP contribution is 2.13. The molecule has 0 amide bonds. The Bertz CT molecular complexity index is 603. The molecule has 19 heavy (non-hydrogen) atoms. The van der Waals surface area contributed by atoms with E-state index in [0.29, 0.717) is 0 Å². The molecule has 0 aliphatic heterocycles. The van der Waals surface area contributed by atoms with Crippen molar-refractivity contribution >= 4 is 15.8 Å². The molecule has 1 atom stereocenters. The molecular formula is C10H12N4O4S. The van der Waals surface area contributed by atoms with Gasteiger partial charge in [-0.1, -0.05) is 13.8 Å². The van der Waals surface area contributed by atoms with E-state index >= 15 is 0 Å². The van der Waals surface area contributed by atoms with E-state index in [9.17, 15) is 18.5 Å².